The lowest BCUT2D eigenvalue weighted by Gasteiger charge is -2.12. The van der Waals surface area contributed by atoms with Crippen molar-refractivity contribution in [2.75, 3.05) is 0 Å². The lowest BCUT2D eigenvalue weighted by molar-refractivity contribution is 0.111. The van der Waals surface area contributed by atoms with Crippen LogP contribution < -0.4 is 0 Å². The van der Waals surface area contributed by atoms with Gasteiger partial charge in [0, 0.05) is 11.1 Å². The SMILES string of the molecule is CC(C)c1nc(C=O)n(Cc2ccccn2)c1Sc1ccccc1. The topological polar surface area (TPSA) is 47.8 Å². The maximum Gasteiger partial charge on any atom is 0.185 e. The van der Waals surface area contributed by atoms with Crippen LogP contribution in [0.3, 0.4) is 0 Å². The molecule has 3 aromatic rings. The van der Waals surface area contributed by atoms with Crippen molar-refractivity contribution >= 4 is 18.0 Å². The van der Waals surface area contributed by atoms with Crippen molar-refractivity contribution in [1.82, 2.24) is 14.5 Å². The Kier molecular flexibility index (Phi) is 5.11. The van der Waals surface area contributed by atoms with Crippen LogP contribution in [0.4, 0.5) is 0 Å². The highest BCUT2D eigenvalue weighted by Crippen LogP contribution is 2.34. The molecule has 3 rings (SSSR count). The molecule has 4 nitrogen and oxygen atoms in total. The minimum atomic E-state index is 0.236. The van der Waals surface area contributed by atoms with Gasteiger partial charge in [-0.15, -0.1) is 0 Å². The van der Waals surface area contributed by atoms with Crippen LogP contribution in [0.25, 0.3) is 0 Å². The number of pyridine rings is 1. The van der Waals surface area contributed by atoms with E-state index >= 15 is 0 Å². The van der Waals surface area contributed by atoms with Crippen molar-refractivity contribution in [1.29, 1.82) is 0 Å². The second kappa shape index (κ2) is 7.45. The second-order valence-corrected chi connectivity index (χ2v) is 6.82. The molecule has 122 valence electrons. The number of carbonyl (C=O) groups excluding carboxylic acids is 1. The van der Waals surface area contributed by atoms with Crippen LogP contribution in [0.5, 0.6) is 0 Å². The van der Waals surface area contributed by atoms with Gasteiger partial charge in [-0.1, -0.05) is 49.9 Å². The number of aromatic nitrogens is 3. The van der Waals surface area contributed by atoms with Gasteiger partial charge in [0.05, 0.1) is 17.9 Å². The molecular weight excluding hydrogens is 318 g/mol. The highest BCUT2D eigenvalue weighted by Gasteiger charge is 2.20. The largest absolute Gasteiger partial charge is 0.310 e. The van der Waals surface area contributed by atoms with Gasteiger partial charge in [-0.25, -0.2) is 4.98 Å². The van der Waals surface area contributed by atoms with Crippen molar-refractivity contribution in [3.05, 3.63) is 71.9 Å². The van der Waals surface area contributed by atoms with Gasteiger partial charge in [-0.3, -0.25) is 9.78 Å². The van der Waals surface area contributed by atoms with E-state index < -0.39 is 0 Å². The Bertz CT molecular complexity index is 813. The van der Waals surface area contributed by atoms with E-state index in [4.69, 9.17) is 0 Å². The van der Waals surface area contributed by atoms with Crippen LogP contribution in [0.1, 0.15) is 41.8 Å². The van der Waals surface area contributed by atoms with Gasteiger partial charge < -0.3 is 4.57 Å². The number of carbonyl (C=O) groups is 1. The Labute approximate surface area is 146 Å². The van der Waals surface area contributed by atoms with Crippen LogP contribution >= 0.6 is 11.8 Å². The average molecular weight is 337 g/mol. The summed E-state index contributed by atoms with van der Waals surface area (Å²) in [5.74, 6) is 0.683. The Hall–Kier alpha value is -2.40. The molecule has 2 heterocycles. The molecule has 0 atom stereocenters. The molecular formula is C19H19N3OS. The van der Waals surface area contributed by atoms with Gasteiger partial charge in [-0.2, -0.15) is 0 Å². The summed E-state index contributed by atoms with van der Waals surface area (Å²) in [6, 6.07) is 15.9. The quantitative estimate of drug-likeness (QED) is 0.625. The van der Waals surface area contributed by atoms with E-state index in [-0.39, 0.29) is 5.92 Å². The predicted molar refractivity (Wildman–Crippen MR) is 95.6 cm³/mol. The molecule has 0 aliphatic rings. The monoisotopic (exact) mass is 337 g/mol. The molecule has 1 aromatic carbocycles. The fourth-order valence-electron chi connectivity index (χ4n) is 2.45. The van der Waals surface area contributed by atoms with Gasteiger partial charge in [0.1, 0.15) is 5.03 Å². The number of rotatable bonds is 6. The molecule has 0 saturated carbocycles. The molecule has 0 bridgehead atoms. The molecule has 0 aliphatic carbocycles. The molecule has 0 aliphatic heterocycles. The molecule has 0 fully saturated rings. The van der Waals surface area contributed by atoms with E-state index in [1.807, 2.05) is 41.0 Å². The zero-order valence-electron chi connectivity index (χ0n) is 13.7. The summed E-state index contributed by atoms with van der Waals surface area (Å²) in [5.41, 5.74) is 1.85. The first-order valence-electron chi connectivity index (χ1n) is 7.87. The van der Waals surface area contributed by atoms with Crippen LogP contribution in [0, 0.1) is 0 Å². The first-order chi connectivity index (χ1) is 11.7. The van der Waals surface area contributed by atoms with E-state index in [1.165, 1.54) is 0 Å². The Morgan fingerprint density at radius 1 is 1.12 bits per heavy atom. The summed E-state index contributed by atoms with van der Waals surface area (Å²) in [7, 11) is 0. The zero-order valence-corrected chi connectivity index (χ0v) is 14.5. The van der Waals surface area contributed by atoms with Crippen LogP contribution in [-0.4, -0.2) is 20.8 Å². The first kappa shape index (κ1) is 16.5. The van der Waals surface area contributed by atoms with Gasteiger partial charge in [0.2, 0.25) is 0 Å². The Balaban J connectivity index is 2.06. The standard InChI is InChI=1S/C19H19N3OS/c1-14(2)18-19(24-16-9-4-3-5-10-16)22(17(13-23)21-18)12-15-8-6-7-11-20-15/h3-11,13-14H,12H2,1-2H3. The summed E-state index contributed by atoms with van der Waals surface area (Å²) in [6.07, 6.45) is 2.59. The molecule has 2 aromatic heterocycles. The molecule has 24 heavy (non-hydrogen) atoms. The van der Waals surface area contributed by atoms with E-state index in [1.54, 1.807) is 18.0 Å². The van der Waals surface area contributed by atoms with Crippen LogP contribution in [0.2, 0.25) is 0 Å². The summed E-state index contributed by atoms with van der Waals surface area (Å²) < 4.78 is 1.96. The fraction of sp³-hybridized carbons (Fsp3) is 0.211. The maximum atomic E-state index is 11.5. The second-order valence-electron chi connectivity index (χ2n) is 5.76. The van der Waals surface area contributed by atoms with Crippen LogP contribution in [-0.2, 0) is 6.54 Å². The van der Waals surface area contributed by atoms with Crippen LogP contribution in [0.15, 0.2) is 64.6 Å². The minimum absolute atomic E-state index is 0.236. The lowest BCUT2D eigenvalue weighted by atomic mass is 10.1. The van der Waals surface area contributed by atoms with Crippen molar-refractivity contribution in [3.63, 3.8) is 0 Å². The van der Waals surface area contributed by atoms with Crippen molar-refractivity contribution in [2.24, 2.45) is 0 Å². The third-order valence-electron chi connectivity index (χ3n) is 3.63. The predicted octanol–water partition coefficient (Wildman–Crippen LogP) is 4.41. The Morgan fingerprint density at radius 3 is 2.50 bits per heavy atom. The Morgan fingerprint density at radius 2 is 1.88 bits per heavy atom. The summed E-state index contributed by atoms with van der Waals surface area (Å²) in [5, 5.41) is 1.00. The maximum absolute atomic E-state index is 11.5. The molecule has 5 heteroatoms. The molecule has 0 unspecified atom stereocenters. The van der Waals surface area contributed by atoms with Crippen molar-refractivity contribution in [2.45, 2.75) is 36.2 Å². The van der Waals surface area contributed by atoms with Gasteiger partial charge >= 0.3 is 0 Å². The number of aldehydes is 1. The smallest absolute Gasteiger partial charge is 0.185 e. The summed E-state index contributed by atoms with van der Waals surface area (Å²) >= 11 is 1.64. The van der Waals surface area contributed by atoms with Gasteiger partial charge in [0.25, 0.3) is 0 Å². The van der Waals surface area contributed by atoms with E-state index in [0.29, 0.717) is 12.4 Å². The highest BCUT2D eigenvalue weighted by molar-refractivity contribution is 7.99. The molecule has 0 N–H and O–H groups in total. The minimum Gasteiger partial charge on any atom is -0.310 e. The normalized spacial score (nSPS) is 11.0. The molecule has 0 radical (unpaired) electrons. The molecule has 0 saturated heterocycles. The summed E-state index contributed by atoms with van der Waals surface area (Å²) in [6.45, 7) is 4.72. The molecule has 0 amide bonds. The third-order valence-corrected chi connectivity index (χ3v) is 4.76. The van der Waals surface area contributed by atoms with E-state index in [2.05, 4.69) is 35.9 Å². The highest BCUT2D eigenvalue weighted by atomic mass is 32.2. The number of hydrogen-bond donors (Lipinski definition) is 0. The van der Waals surface area contributed by atoms with Crippen molar-refractivity contribution < 1.29 is 4.79 Å². The average Bonchev–Trinajstić information content (AvgIpc) is 2.94. The van der Waals surface area contributed by atoms with Gasteiger partial charge in [0.15, 0.2) is 12.1 Å². The lowest BCUT2D eigenvalue weighted by Crippen LogP contribution is -2.07. The third kappa shape index (κ3) is 3.57. The van der Waals surface area contributed by atoms with E-state index in [0.717, 1.165) is 27.6 Å². The fourth-order valence-corrected chi connectivity index (χ4v) is 3.62. The van der Waals surface area contributed by atoms with E-state index in [9.17, 15) is 4.79 Å². The first-order valence-corrected chi connectivity index (χ1v) is 8.69. The number of imidazole rings is 1. The zero-order chi connectivity index (χ0) is 16.9. The number of nitrogens with zero attached hydrogens (tertiary/aromatic N) is 3. The number of benzene rings is 1. The molecule has 0 spiro atoms. The van der Waals surface area contributed by atoms with Crippen molar-refractivity contribution in [3.8, 4) is 0 Å². The van der Waals surface area contributed by atoms with Gasteiger partial charge in [-0.05, 0) is 30.2 Å². The number of hydrogen-bond acceptors (Lipinski definition) is 4. The summed E-state index contributed by atoms with van der Waals surface area (Å²) in [4.78, 5) is 21.6.